The molecule has 0 aliphatic carbocycles. The van der Waals surface area contributed by atoms with E-state index in [9.17, 15) is 13.2 Å². The molecule has 0 bridgehead atoms. The van der Waals surface area contributed by atoms with E-state index in [1.54, 1.807) is 0 Å². The van der Waals surface area contributed by atoms with Gasteiger partial charge in [0.2, 0.25) is 0 Å². The molecule has 2 nitrogen and oxygen atoms in total. The predicted molar refractivity (Wildman–Crippen MR) is 84.5 cm³/mol. The Morgan fingerprint density at radius 3 is 2.48 bits per heavy atom. The second-order valence-corrected chi connectivity index (χ2v) is 6.47. The third-order valence-corrected chi connectivity index (χ3v) is 4.39. The molecular formula is C14H18Br2F3NO. The Labute approximate surface area is 139 Å². The Morgan fingerprint density at radius 1 is 1.24 bits per heavy atom. The third kappa shape index (κ3) is 6.67. The van der Waals surface area contributed by atoms with Crippen LogP contribution in [0.4, 0.5) is 13.2 Å². The quantitative estimate of drug-likeness (QED) is 0.644. The summed E-state index contributed by atoms with van der Waals surface area (Å²) in [6.45, 7) is 3.39. The molecule has 1 rings (SSSR count). The molecule has 1 atom stereocenters. The molecule has 0 spiro atoms. The zero-order valence-corrected chi connectivity index (χ0v) is 15.0. The molecule has 0 amide bonds. The van der Waals surface area contributed by atoms with E-state index in [0.29, 0.717) is 6.54 Å². The monoisotopic (exact) mass is 431 g/mol. The largest absolute Gasteiger partial charge is 0.411 e. The Bertz CT molecular complexity index is 466. The van der Waals surface area contributed by atoms with Gasteiger partial charge in [-0.2, -0.15) is 13.2 Å². The highest BCUT2D eigenvalue weighted by Gasteiger charge is 2.28. The maximum atomic E-state index is 12.2. The van der Waals surface area contributed by atoms with Gasteiger partial charge in [-0.1, -0.05) is 38.8 Å². The Hall–Kier alpha value is -0.110. The van der Waals surface area contributed by atoms with Crippen LogP contribution in [0.1, 0.15) is 30.5 Å². The summed E-state index contributed by atoms with van der Waals surface area (Å²) >= 11 is 6.91. The second-order valence-electron chi connectivity index (χ2n) is 4.76. The number of halogens is 5. The maximum absolute atomic E-state index is 12.2. The average molecular weight is 433 g/mol. The number of ether oxygens (including phenoxy) is 1. The van der Waals surface area contributed by atoms with Crippen LogP contribution in [0.3, 0.4) is 0 Å². The van der Waals surface area contributed by atoms with Gasteiger partial charge in [0.25, 0.3) is 0 Å². The molecule has 1 aromatic carbocycles. The van der Waals surface area contributed by atoms with Gasteiger partial charge in [-0.25, -0.2) is 0 Å². The molecule has 1 unspecified atom stereocenters. The minimum absolute atomic E-state index is 0.0341. The molecule has 0 saturated heterocycles. The van der Waals surface area contributed by atoms with E-state index in [1.165, 1.54) is 0 Å². The molecule has 0 saturated carbocycles. The van der Waals surface area contributed by atoms with Crippen molar-refractivity contribution >= 4 is 31.9 Å². The fourth-order valence-corrected chi connectivity index (χ4v) is 2.89. The zero-order chi connectivity index (χ0) is 16.0. The topological polar surface area (TPSA) is 21.3 Å². The summed E-state index contributed by atoms with van der Waals surface area (Å²) in [6.07, 6.45) is -3.42. The highest BCUT2D eigenvalue weighted by molar-refractivity contribution is 9.11. The van der Waals surface area contributed by atoms with E-state index in [0.717, 1.165) is 26.5 Å². The van der Waals surface area contributed by atoms with Crippen LogP contribution in [0.25, 0.3) is 0 Å². The number of nitrogens with one attached hydrogen (secondary N) is 1. The smallest absolute Gasteiger partial charge is 0.370 e. The van der Waals surface area contributed by atoms with Crippen LogP contribution in [0, 0.1) is 6.92 Å². The number of benzene rings is 1. The SMILES string of the molecule is CCCNC(COCC(F)(F)F)c1cc(Br)c(C)cc1Br. The van der Waals surface area contributed by atoms with Gasteiger partial charge in [0.05, 0.1) is 12.6 Å². The highest BCUT2D eigenvalue weighted by atomic mass is 79.9. The first-order valence-corrected chi connectivity index (χ1v) is 8.16. The molecule has 7 heteroatoms. The summed E-state index contributed by atoms with van der Waals surface area (Å²) in [5.41, 5.74) is 1.93. The van der Waals surface area contributed by atoms with Gasteiger partial charge in [0.15, 0.2) is 0 Å². The summed E-state index contributed by atoms with van der Waals surface area (Å²) in [6, 6.07) is 3.55. The van der Waals surface area contributed by atoms with Crippen molar-refractivity contribution in [2.45, 2.75) is 32.5 Å². The van der Waals surface area contributed by atoms with Gasteiger partial charge >= 0.3 is 6.18 Å². The lowest BCUT2D eigenvalue weighted by Crippen LogP contribution is -2.29. The van der Waals surface area contributed by atoms with Gasteiger partial charge in [-0.3, -0.25) is 0 Å². The zero-order valence-electron chi connectivity index (χ0n) is 11.9. The standard InChI is InChI=1S/C14H18Br2F3NO/c1-3-4-20-13(7-21-8-14(17,18)19)10-6-11(15)9(2)5-12(10)16/h5-6,13,20H,3-4,7-8H2,1-2H3. The van der Waals surface area contributed by atoms with Crippen LogP contribution in [-0.2, 0) is 4.74 Å². The highest BCUT2D eigenvalue weighted by Crippen LogP contribution is 2.30. The maximum Gasteiger partial charge on any atom is 0.411 e. The molecule has 21 heavy (non-hydrogen) atoms. The van der Waals surface area contributed by atoms with Crippen LogP contribution in [0.15, 0.2) is 21.1 Å². The normalized spacial score (nSPS) is 13.5. The summed E-state index contributed by atoms with van der Waals surface area (Å²) < 4.78 is 43.2. The molecule has 0 heterocycles. The number of hydrogen-bond donors (Lipinski definition) is 1. The minimum atomic E-state index is -4.31. The fourth-order valence-electron chi connectivity index (χ4n) is 1.80. The lowest BCUT2D eigenvalue weighted by atomic mass is 10.1. The molecule has 1 N–H and O–H groups in total. The summed E-state index contributed by atoms with van der Waals surface area (Å²) in [5, 5.41) is 3.22. The van der Waals surface area contributed by atoms with E-state index in [2.05, 4.69) is 37.2 Å². The third-order valence-electron chi connectivity index (χ3n) is 2.84. The van der Waals surface area contributed by atoms with Crippen molar-refractivity contribution in [3.05, 3.63) is 32.2 Å². The lowest BCUT2D eigenvalue weighted by Gasteiger charge is -2.21. The number of hydrogen-bond acceptors (Lipinski definition) is 2. The van der Waals surface area contributed by atoms with Crippen molar-refractivity contribution in [1.82, 2.24) is 5.32 Å². The summed E-state index contributed by atoms with van der Waals surface area (Å²) in [7, 11) is 0. The summed E-state index contributed by atoms with van der Waals surface area (Å²) in [5.74, 6) is 0. The van der Waals surface area contributed by atoms with Gasteiger partial charge in [-0.05, 0) is 43.1 Å². The first kappa shape index (κ1) is 18.9. The van der Waals surface area contributed by atoms with Gasteiger partial charge in [0, 0.05) is 8.95 Å². The van der Waals surface area contributed by atoms with E-state index in [4.69, 9.17) is 4.74 Å². The van der Waals surface area contributed by atoms with Crippen molar-refractivity contribution in [2.24, 2.45) is 0 Å². The van der Waals surface area contributed by atoms with Crippen molar-refractivity contribution in [3.63, 3.8) is 0 Å². The minimum Gasteiger partial charge on any atom is -0.370 e. The van der Waals surface area contributed by atoms with Crippen LogP contribution in [-0.4, -0.2) is 25.9 Å². The van der Waals surface area contributed by atoms with Crippen molar-refractivity contribution < 1.29 is 17.9 Å². The summed E-state index contributed by atoms with van der Waals surface area (Å²) in [4.78, 5) is 0. The second kappa shape index (κ2) is 8.50. The molecule has 0 aliphatic heterocycles. The molecule has 0 fully saturated rings. The van der Waals surface area contributed by atoms with E-state index in [-0.39, 0.29) is 12.6 Å². The van der Waals surface area contributed by atoms with E-state index < -0.39 is 12.8 Å². The van der Waals surface area contributed by atoms with Gasteiger partial charge in [0.1, 0.15) is 6.61 Å². The molecule has 0 aliphatic rings. The molecular weight excluding hydrogens is 415 g/mol. The Morgan fingerprint density at radius 2 is 1.90 bits per heavy atom. The van der Waals surface area contributed by atoms with Gasteiger partial charge < -0.3 is 10.1 Å². The molecule has 0 aromatic heterocycles. The average Bonchev–Trinajstić information content (AvgIpc) is 2.37. The Kier molecular flexibility index (Phi) is 7.67. The molecule has 120 valence electrons. The first-order chi connectivity index (χ1) is 9.74. The van der Waals surface area contributed by atoms with E-state index >= 15 is 0 Å². The van der Waals surface area contributed by atoms with Gasteiger partial charge in [-0.15, -0.1) is 0 Å². The predicted octanol–water partition coefficient (Wildman–Crippen LogP) is 5.14. The number of alkyl halides is 3. The van der Waals surface area contributed by atoms with Crippen LogP contribution < -0.4 is 5.32 Å². The number of rotatable bonds is 7. The lowest BCUT2D eigenvalue weighted by molar-refractivity contribution is -0.175. The van der Waals surface area contributed by atoms with Crippen molar-refractivity contribution in [1.29, 1.82) is 0 Å². The molecule has 1 aromatic rings. The van der Waals surface area contributed by atoms with Crippen molar-refractivity contribution in [2.75, 3.05) is 19.8 Å². The van der Waals surface area contributed by atoms with E-state index in [1.807, 2.05) is 26.0 Å². The first-order valence-electron chi connectivity index (χ1n) is 6.58. The number of aryl methyl sites for hydroxylation is 1. The Balaban J connectivity index is 2.84. The van der Waals surface area contributed by atoms with Crippen LogP contribution >= 0.6 is 31.9 Å². The molecule has 0 radical (unpaired) electrons. The van der Waals surface area contributed by atoms with Crippen LogP contribution in [0.2, 0.25) is 0 Å². The van der Waals surface area contributed by atoms with Crippen LogP contribution in [0.5, 0.6) is 0 Å². The fraction of sp³-hybridized carbons (Fsp3) is 0.571. The van der Waals surface area contributed by atoms with Crippen molar-refractivity contribution in [3.8, 4) is 0 Å².